The number of hydrogen-bond donors (Lipinski definition) is 1. The SMILES string of the molecule is CC(=O)OCC1O[C@@H](Oc2ccc(C(=O)Cc3ccc4c(c3)OCCCO4)c(O)c2)C(OC(C)=O)C(OC(C)=O)[C@H]1OC(C)=O. The number of Topliss-reactive ketones (excluding diaryl/α,β-unsaturated/α-hetero) is 1. The second-order valence-corrected chi connectivity index (χ2v) is 10.3. The van der Waals surface area contributed by atoms with Gasteiger partial charge in [0.05, 0.1) is 18.8 Å². The molecule has 14 heteroatoms. The van der Waals surface area contributed by atoms with E-state index in [1.165, 1.54) is 12.1 Å². The summed E-state index contributed by atoms with van der Waals surface area (Å²) in [5, 5.41) is 10.8. The molecule has 0 bridgehead atoms. The lowest BCUT2D eigenvalue weighted by Crippen LogP contribution is -2.63. The monoisotopic (exact) mass is 630 g/mol. The predicted octanol–water partition coefficient (Wildman–Crippen LogP) is 2.44. The minimum atomic E-state index is -1.51. The van der Waals surface area contributed by atoms with Gasteiger partial charge in [-0.2, -0.15) is 0 Å². The Balaban J connectivity index is 1.57. The lowest BCUT2D eigenvalue weighted by Gasteiger charge is -2.43. The van der Waals surface area contributed by atoms with E-state index in [1.807, 2.05) is 0 Å². The van der Waals surface area contributed by atoms with Gasteiger partial charge in [-0.15, -0.1) is 0 Å². The van der Waals surface area contributed by atoms with Crippen molar-refractivity contribution in [1.29, 1.82) is 0 Å². The molecule has 0 saturated carbocycles. The van der Waals surface area contributed by atoms with E-state index in [0.29, 0.717) is 30.3 Å². The number of benzene rings is 2. The number of ketones is 1. The largest absolute Gasteiger partial charge is 0.507 e. The summed E-state index contributed by atoms with van der Waals surface area (Å²) in [6, 6.07) is 9.08. The van der Waals surface area contributed by atoms with Crippen molar-refractivity contribution >= 4 is 29.7 Å². The number of phenolic OH excluding ortho intramolecular Hbond substituents is 1. The molecular formula is C31H34O14. The van der Waals surface area contributed by atoms with Crippen molar-refractivity contribution in [3.05, 3.63) is 47.5 Å². The summed E-state index contributed by atoms with van der Waals surface area (Å²) in [6.07, 6.45) is -6.27. The highest BCUT2D eigenvalue weighted by Gasteiger charge is 2.53. The van der Waals surface area contributed by atoms with E-state index < -0.39 is 66.9 Å². The van der Waals surface area contributed by atoms with Crippen LogP contribution in [-0.4, -0.2) is 85.3 Å². The molecule has 242 valence electrons. The van der Waals surface area contributed by atoms with Crippen LogP contribution < -0.4 is 14.2 Å². The fourth-order valence-corrected chi connectivity index (χ4v) is 4.84. The Morgan fingerprint density at radius 1 is 0.778 bits per heavy atom. The van der Waals surface area contributed by atoms with Gasteiger partial charge in [0.2, 0.25) is 12.4 Å². The highest BCUT2D eigenvalue weighted by molar-refractivity contribution is 6.00. The van der Waals surface area contributed by atoms with Gasteiger partial charge in [0.15, 0.2) is 29.5 Å². The van der Waals surface area contributed by atoms with Gasteiger partial charge >= 0.3 is 23.9 Å². The molecule has 4 rings (SSSR count). The first-order chi connectivity index (χ1) is 21.4. The zero-order chi connectivity index (χ0) is 32.7. The fraction of sp³-hybridized carbons (Fsp3) is 0.452. The first kappa shape index (κ1) is 33.1. The van der Waals surface area contributed by atoms with Gasteiger partial charge in [0, 0.05) is 46.6 Å². The molecule has 3 unspecified atom stereocenters. The van der Waals surface area contributed by atoms with Crippen molar-refractivity contribution in [3.8, 4) is 23.0 Å². The second-order valence-electron chi connectivity index (χ2n) is 10.3. The molecule has 0 radical (unpaired) electrons. The summed E-state index contributed by atoms with van der Waals surface area (Å²) in [6.45, 7) is 5.06. The van der Waals surface area contributed by atoms with Crippen LogP contribution in [0.2, 0.25) is 0 Å². The van der Waals surface area contributed by atoms with E-state index in [4.69, 9.17) is 37.9 Å². The molecule has 45 heavy (non-hydrogen) atoms. The zero-order valence-corrected chi connectivity index (χ0v) is 25.1. The molecule has 1 N–H and O–H groups in total. The Bertz CT molecular complexity index is 1440. The lowest BCUT2D eigenvalue weighted by molar-refractivity contribution is -0.288. The summed E-state index contributed by atoms with van der Waals surface area (Å²) < 4.78 is 44.3. The summed E-state index contributed by atoms with van der Waals surface area (Å²) >= 11 is 0. The molecule has 0 aliphatic carbocycles. The fourth-order valence-electron chi connectivity index (χ4n) is 4.84. The molecule has 5 atom stereocenters. The van der Waals surface area contributed by atoms with Gasteiger partial charge < -0.3 is 43.0 Å². The maximum atomic E-state index is 13.1. The Kier molecular flexibility index (Phi) is 10.8. The molecule has 0 spiro atoms. The maximum absolute atomic E-state index is 13.1. The number of aromatic hydroxyl groups is 1. The van der Waals surface area contributed by atoms with Crippen LogP contribution in [0.15, 0.2) is 36.4 Å². The maximum Gasteiger partial charge on any atom is 0.303 e. The third-order valence-electron chi connectivity index (χ3n) is 6.65. The van der Waals surface area contributed by atoms with Gasteiger partial charge in [-0.3, -0.25) is 24.0 Å². The summed E-state index contributed by atoms with van der Waals surface area (Å²) in [7, 11) is 0. The van der Waals surface area contributed by atoms with Crippen molar-refractivity contribution in [2.24, 2.45) is 0 Å². The highest BCUT2D eigenvalue weighted by Crippen LogP contribution is 2.34. The first-order valence-corrected chi connectivity index (χ1v) is 14.1. The van der Waals surface area contributed by atoms with Crippen LogP contribution >= 0.6 is 0 Å². The number of phenols is 1. The second kappa shape index (κ2) is 14.8. The Morgan fingerprint density at radius 3 is 2.07 bits per heavy atom. The average molecular weight is 631 g/mol. The van der Waals surface area contributed by atoms with E-state index in [0.717, 1.165) is 40.2 Å². The topological polar surface area (TPSA) is 179 Å². The summed E-state index contributed by atoms with van der Waals surface area (Å²) in [5.74, 6) is -2.71. The molecule has 1 saturated heterocycles. The molecule has 2 aromatic rings. The highest BCUT2D eigenvalue weighted by atomic mass is 16.7. The minimum Gasteiger partial charge on any atom is -0.507 e. The van der Waals surface area contributed by atoms with E-state index in [-0.39, 0.29) is 23.5 Å². The van der Waals surface area contributed by atoms with Crippen molar-refractivity contribution in [2.75, 3.05) is 19.8 Å². The third kappa shape index (κ3) is 8.85. The van der Waals surface area contributed by atoms with Crippen molar-refractivity contribution in [1.82, 2.24) is 0 Å². The van der Waals surface area contributed by atoms with Crippen LogP contribution in [0.3, 0.4) is 0 Å². The Labute approximate surface area is 258 Å². The zero-order valence-electron chi connectivity index (χ0n) is 25.1. The van der Waals surface area contributed by atoms with Gasteiger partial charge in [-0.25, -0.2) is 0 Å². The van der Waals surface area contributed by atoms with Gasteiger partial charge in [-0.05, 0) is 29.8 Å². The van der Waals surface area contributed by atoms with Gasteiger partial charge in [0.1, 0.15) is 24.2 Å². The lowest BCUT2D eigenvalue weighted by atomic mass is 9.98. The van der Waals surface area contributed by atoms with Crippen LogP contribution in [0.25, 0.3) is 0 Å². The number of carbonyl (C=O) groups is 5. The number of carbonyl (C=O) groups excluding carboxylic acids is 5. The van der Waals surface area contributed by atoms with E-state index in [1.54, 1.807) is 18.2 Å². The Hall–Kier alpha value is -4.85. The number of esters is 4. The molecular weight excluding hydrogens is 596 g/mol. The van der Waals surface area contributed by atoms with E-state index >= 15 is 0 Å². The van der Waals surface area contributed by atoms with E-state index in [9.17, 15) is 29.1 Å². The molecule has 2 aliphatic rings. The number of hydrogen-bond acceptors (Lipinski definition) is 14. The molecule has 2 aliphatic heterocycles. The standard InChI is InChI=1S/C31H34O14/c1-16(32)40-15-27-28(41-17(2)33)29(42-18(3)34)30(43-19(4)35)31(45-27)44-21-7-8-22(24(37)14-21)23(36)12-20-6-9-25-26(13-20)39-11-5-10-38-25/h6-9,13-14,27-31,37H,5,10-12,15H2,1-4H3/t27?,28-,29?,30?,31+/m0/s1. The number of fused-ring (bicyclic) bond motifs is 1. The molecule has 2 aromatic carbocycles. The normalized spacial score (nSPS) is 22.3. The summed E-state index contributed by atoms with van der Waals surface area (Å²) in [4.78, 5) is 60.6. The van der Waals surface area contributed by atoms with E-state index in [2.05, 4.69) is 0 Å². The Morgan fingerprint density at radius 2 is 1.42 bits per heavy atom. The minimum absolute atomic E-state index is 0.0102. The van der Waals surface area contributed by atoms with Crippen molar-refractivity contribution in [2.45, 2.75) is 71.2 Å². The summed E-state index contributed by atoms with van der Waals surface area (Å²) in [5.41, 5.74) is 0.664. The molecule has 14 nitrogen and oxygen atoms in total. The van der Waals surface area contributed by atoms with Gasteiger partial charge in [-0.1, -0.05) is 6.07 Å². The number of rotatable bonds is 10. The van der Waals surface area contributed by atoms with Crippen LogP contribution in [0.4, 0.5) is 0 Å². The predicted molar refractivity (Wildman–Crippen MR) is 151 cm³/mol. The van der Waals surface area contributed by atoms with Crippen LogP contribution in [0.1, 0.15) is 50.0 Å². The van der Waals surface area contributed by atoms with Crippen LogP contribution in [-0.2, 0) is 49.3 Å². The molecule has 1 fully saturated rings. The smallest absolute Gasteiger partial charge is 0.303 e. The first-order valence-electron chi connectivity index (χ1n) is 14.1. The quantitative estimate of drug-likeness (QED) is 0.230. The van der Waals surface area contributed by atoms with Crippen LogP contribution in [0.5, 0.6) is 23.0 Å². The van der Waals surface area contributed by atoms with Gasteiger partial charge in [0.25, 0.3) is 0 Å². The molecule has 0 aromatic heterocycles. The van der Waals surface area contributed by atoms with Crippen molar-refractivity contribution in [3.63, 3.8) is 0 Å². The molecule has 0 amide bonds. The number of ether oxygens (including phenoxy) is 8. The van der Waals surface area contributed by atoms with Crippen molar-refractivity contribution < 1.29 is 67.0 Å². The van der Waals surface area contributed by atoms with Crippen LogP contribution in [0, 0.1) is 0 Å². The third-order valence-corrected chi connectivity index (χ3v) is 6.65. The average Bonchev–Trinajstić information content (AvgIpc) is 3.19. The molecule has 2 heterocycles.